The molecule has 0 aliphatic carbocycles. The topological polar surface area (TPSA) is 91.6 Å². The summed E-state index contributed by atoms with van der Waals surface area (Å²) in [5.41, 5.74) is 0.842. The highest BCUT2D eigenvalue weighted by molar-refractivity contribution is 5.76. The molecule has 1 rings (SSSR count). The highest BCUT2D eigenvalue weighted by Crippen LogP contribution is 2.37. The lowest BCUT2D eigenvalue weighted by Crippen LogP contribution is -2.17. The molecule has 0 saturated carbocycles. The minimum absolute atomic E-state index is 0.0800. The number of carbonyl (C=O) groups excluding carboxylic acids is 1. The molecule has 0 atom stereocenters. The largest absolute Gasteiger partial charge is 0.502 e. The number of allylic oxidation sites excluding steroid dienone is 3. The Labute approximate surface area is 122 Å². The van der Waals surface area contributed by atoms with Gasteiger partial charge in [-0.15, -0.1) is 0 Å². The van der Waals surface area contributed by atoms with Gasteiger partial charge in [-0.2, -0.15) is 5.26 Å². The fourth-order valence-corrected chi connectivity index (χ4v) is 1.56. The van der Waals surface area contributed by atoms with Crippen LogP contribution in [0.2, 0.25) is 0 Å². The zero-order chi connectivity index (χ0) is 15.8. The van der Waals surface area contributed by atoms with E-state index in [-0.39, 0.29) is 28.9 Å². The number of nitrogens with one attached hydrogen (secondary N) is 1. The summed E-state index contributed by atoms with van der Waals surface area (Å²) in [6, 6.07) is 5.10. The molecule has 0 aromatic heterocycles. The zero-order valence-corrected chi connectivity index (χ0v) is 12.0. The lowest BCUT2D eigenvalue weighted by atomic mass is 10.1. The second-order valence-electron chi connectivity index (χ2n) is 4.01. The van der Waals surface area contributed by atoms with Gasteiger partial charge in [0.15, 0.2) is 11.5 Å². The summed E-state index contributed by atoms with van der Waals surface area (Å²) in [5.74, 6) is 0.161. The molecule has 6 heteroatoms. The number of aromatic hydroxyl groups is 1. The third-order valence-corrected chi connectivity index (χ3v) is 2.48. The van der Waals surface area contributed by atoms with Gasteiger partial charge in [0, 0.05) is 6.92 Å². The van der Waals surface area contributed by atoms with E-state index in [9.17, 15) is 9.90 Å². The van der Waals surface area contributed by atoms with Crippen LogP contribution in [0.4, 0.5) is 0 Å². The van der Waals surface area contributed by atoms with E-state index in [2.05, 4.69) is 5.32 Å². The predicted molar refractivity (Wildman–Crippen MR) is 77.8 cm³/mol. The van der Waals surface area contributed by atoms with Crippen LogP contribution >= 0.6 is 0 Å². The van der Waals surface area contributed by atoms with Crippen molar-refractivity contribution in [1.82, 2.24) is 5.32 Å². The molecule has 0 aliphatic heterocycles. The maximum absolute atomic E-state index is 10.9. The molecule has 0 fully saturated rings. The second kappa shape index (κ2) is 7.60. The third kappa shape index (κ3) is 4.58. The number of rotatable bonds is 5. The smallest absolute Gasteiger partial charge is 0.221 e. The van der Waals surface area contributed by atoms with Crippen LogP contribution in [-0.4, -0.2) is 25.2 Å². The fraction of sp³-hybridized carbons (Fsp3) is 0.200. The van der Waals surface area contributed by atoms with Gasteiger partial charge >= 0.3 is 0 Å². The average Bonchev–Trinajstić information content (AvgIpc) is 2.47. The van der Waals surface area contributed by atoms with Gasteiger partial charge in [0.05, 0.1) is 14.2 Å². The molecule has 0 radical (unpaired) electrons. The van der Waals surface area contributed by atoms with E-state index in [0.717, 1.165) is 0 Å². The van der Waals surface area contributed by atoms with Crippen molar-refractivity contribution in [2.45, 2.75) is 6.92 Å². The number of nitrogens with zero attached hydrogens (tertiary/aromatic N) is 1. The summed E-state index contributed by atoms with van der Waals surface area (Å²) in [7, 11) is 2.87. The minimum Gasteiger partial charge on any atom is -0.502 e. The first-order valence-corrected chi connectivity index (χ1v) is 6.02. The summed E-state index contributed by atoms with van der Waals surface area (Å²) >= 11 is 0. The van der Waals surface area contributed by atoms with Crippen molar-refractivity contribution in [2.75, 3.05) is 14.2 Å². The summed E-state index contributed by atoms with van der Waals surface area (Å²) in [6.45, 7) is 1.32. The number of carbonyl (C=O) groups is 1. The van der Waals surface area contributed by atoms with E-state index in [1.54, 1.807) is 24.3 Å². The van der Waals surface area contributed by atoms with E-state index in [1.165, 1.54) is 27.2 Å². The van der Waals surface area contributed by atoms with Crippen molar-refractivity contribution in [3.8, 4) is 23.3 Å². The van der Waals surface area contributed by atoms with Crippen LogP contribution in [0, 0.1) is 11.3 Å². The molecule has 21 heavy (non-hydrogen) atoms. The number of nitriles is 1. The van der Waals surface area contributed by atoms with E-state index in [4.69, 9.17) is 14.7 Å². The van der Waals surface area contributed by atoms with Gasteiger partial charge in [-0.1, -0.05) is 12.2 Å². The molecule has 6 nitrogen and oxygen atoms in total. The van der Waals surface area contributed by atoms with Crippen LogP contribution in [0.25, 0.3) is 6.08 Å². The van der Waals surface area contributed by atoms with Crippen molar-refractivity contribution in [3.05, 3.63) is 35.5 Å². The van der Waals surface area contributed by atoms with Gasteiger partial charge in [0.25, 0.3) is 0 Å². The highest BCUT2D eigenvalue weighted by atomic mass is 16.5. The molecular weight excluding hydrogens is 272 g/mol. The van der Waals surface area contributed by atoms with Crippen LogP contribution in [-0.2, 0) is 4.79 Å². The van der Waals surface area contributed by atoms with Crippen LogP contribution in [0.3, 0.4) is 0 Å². The molecule has 1 aromatic carbocycles. The molecule has 1 aromatic rings. The number of phenolic OH excluding ortho intramolecular Hbond substituents is 1. The molecule has 0 saturated heterocycles. The van der Waals surface area contributed by atoms with Crippen LogP contribution in [0.15, 0.2) is 30.0 Å². The van der Waals surface area contributed by atoms with Gasteiger partial charge in [0.2, 0.25) is 11.7 Å². The number of phenols is 1. The summed E-state index contributed by atoms with van der Waals surface area (Å²) in [4.78, 5) is 10.9. The average molecular weight is 288 g/mol. The Balaban J connectivity index is 3.02. The van der Waals surface area contributed by atoms with Crippen molar-refractivity contribution in [3.63, 3.8) is 0 Å². The Bertz CT molecular complexity index is 602. The fourth-order valence-electron chi connectivity index (χ4n) is 1.56. The summed E-state index contributed by atoms with van der Waals surface area (Å²) in [6.07, 6.45) is 4.75. The lowest BCUT2D eigenvalue weighted by Gasteiger charge is -2.09. The maximum Gasteiger partial charge on any atom is 0.221 e. The van der Waals surface area contributed by atoms with Crippen LogP contribution in [0.1, 0.15) is 12.5 Å². The van der Waals surface area contributed by atoms with Crippen molar-refractivity contribution < 1.29 is 19.4 Å². The summed E-state index contributed by atoms with van der Waals surface area (Å²) < 4.78 is 10.1. The SMILES string of the molecule is COc1cc(/C=C/C=C(\C#N)NC(C)=O)cc(OC)c1O. The molecule has 0 unspecified atom stereocenters. The van der Waals surface area contributed by atoms with E-state index in [0.29, 0.717) is 5.56 Å². The molecule has 1 amide bonds. The highest BCUT2D eigenvalue weighted by Gasteiger charge is 2.09. The van der Waals surface area contributed by atoms with Crippen molar-refractivity contribution in [2.24, 2.45) is 0 Å². The Morgan fingerprint density at radius 3 is 2.33 bits per heavy atom. The number of hydrogen-bond donors (Lipinski definition) is 2. The number of benzene rings is 1. The minimum atomic E-state index is -0.316. The zero-order valence-electron chi connectivity index (χ0n) is 12.0. The van der Waals surface area contributed by atoms with E-state index >= 15 is 0 Å². The maximum atomic E-state index is 10.9. The van der Waals surface area contributed by atoms with Gasteiger partial charge < -0.3 is 19.9 Å². The molecule has 0 bridgehead atoms. The van der Waals surface area contributed by atoms with Gasteiger partial charge in [-0.25, -0.2) is 0 Å². The predicted octanol–water partition coefficient (Wildman–Crippen LogP) is 1.97. The number of hydrogen-bond acceptors (Lipinski definition) is 5. The van der Waals surface area contributed by atoms with Crippen LogP contribution < -0.4 is 14.8 Å². The first-order chi connectivity index (χ1) is 10.0. The normalized spacial score (nSPS) is 11.0. The van der Waals surface area contributed by atoms with Crippen molar-refractivity contribution >= 4 is 12.0 Å². The third-order valence-electron chi connectivity index (χ3n) is 2.48. The first kappa shape index (κ1) is 16.1. The van der Waals surface area contributed by atoms with E-state index in [1.807, 2.05) is 6.07 Å². The molecular formula is C15H16N2O4. The number of ether oxygens (including phenoxy) is 2. The molecule has 110 valence electrons. The number of methoxy groups -OCH3 is 2. The second-order valence-corrected chi connectivity index (χ2v) is 4.01. The molecule has 2 N–H and O–H groups in total. The van der Waals surface area contributed by atoms with Crippen LogP contribution in [0.5, 0.6) is 17.2 Å². The molecule has 0 spiro atoms. The van der Waals surface area contributed by atoms with Crippen molar-refractivity contribution in [1.29, 1.82) is 5.26 Å². The van der Waals surface area contributed by atoms with Gasteiger partial charge in [0.1, 0.15) is 11.8 Å². The summed E-state index contributed by atoms with van der Waals surface area (Å²) in [5, 5.41) is 21.0. The standard InChI is InChI=1S/C15H16N2O4/c1-10(18)17-12(9-16)6-4-5-11-7-13(20-2)15(19)14(8-11)21-3/h4-8,19H,1-3H3,(H,17,18)/b5-4+,12-6+. The van der Waals surface area contributed by atoms with E-state index < -0.39 is 0 Å². The number of amides is 1. The lowest BCUT2D eigenvalue weighted by molar-refractivity contribution is -0.118. The van der Waals surface area contributed by atoms with Gasteiger partial charge in [-0.3, -0.25) is 4.79 Å². The van der Waals surface area contributed by atoms with Gasteiger partial charge in [-0.05, 0) is 23.8 Å². The molecule has 0 aliphatic rings. The Morgan fingerprint density at radius 1 is 1.33 bits per heavy atom. The molecule has 0 heterocycles. The Morgan fingerprint density at radius 2 is 1.90 bits per heavy atom. The quantitative estimate of drug-likeness (QED) is 0.638. The monoisotopic (exact) mass is 288 g/mol. The first-order valence-electron chi connectivity index (χ1n) is 6.02. The Kier molecular flexibility index (Phi) is 5.83. The Hall–Kier alpha value is -2.94.